The number of nitrogens with zero attached hydrogens (tertiary/aromatic N) is 5. The molecule has 0 radical (unpaired) electrons. The second-order valence-electron chi connectivity index (χ2n) is 11.5. The lowest BCUT2D eigenvalue weighted by molar-refractivity contribution is -0.691. The Kier molecular flexibility index (Phi) is 11.4. The van der Waals surface area contributed by atoms with Gasteiger partial charge in [-0.3, -0.25) is 24.1 Å². The third-order valence-corrected chi connectivity index (χ3v) is 10.4. The molecule has 2 aliphatic rings. The Labute approximate surface area is 306 Å². The number of H-pyrrole nitrogens is 1. The van der Waals surface area contributed by atoms with Crippen LogP contribution in [0.2, 0.25) is 4.34 Å². The zero-order valence-corrected chi connectivity index (χ0v) is 29.5. The summed E-state index contributed by atoms with van der Waals surface area (Å²) >= 11 is 8.30. The number of nitrogens with two attached hydrogens (primary N) is 2. The van der Waals surface area contributed by atoms with Crippen LogP contribution in [0.1, 0.15) is 42.4 Å². The summed E-state index contributed by atoms with van der Waals surface area (Å²) in [7, 11) is 0. The highest BCUT2D eigenvalue weighted by molar-refractivity contribution is 8.00. The molecular weight excluding hydrogens is 746 g/mol. The molecule has 3 aromatic rings. The number of Topliss-reactive ketones (excluding diaryl/α,β-unsaturated/α-hetero) is 2. The van der Waals surface area contributed by atoms with Crippen LogP contribution in [0.5, 0.6) is 5.75 Å². The molecule has 5 rings (SSSR count). The van der Waals surface area contributed by atoms with E-state index >= 15 is 0 Å². The smallest absolute Gasteiger partial charge is 0.352 e. The Morgan fingerprint density at radius 2 is 2.02 bits per heavy atom. The van der Waals surface area contributed by atoms with Crippen LogP contribution in [-0.2, 0) is 30.6 Å². The molecule has 3 atom stereocenters. The lowest BCUT2D eigenvalue weighted by atomic mass is 9.89. The molecular formula is C30H31ClN9O10S2+. The first-order valence-corrected chi connectivity index (χ1v) is 17.6. The molecule has 0 saturated carbocycles. The van der Waals surface area contributed by atoms with Gasteiger partial charge in [-0.15, -0.1) is 11.8 Å². The Balaban J connectivity index is 1.25. The average Bonchev–Trinajstić information content (AvgIpc) is 3.44. The molecule has 1 fully saturated rings. The fourth-order valence-corrected chi connectivity index (χ4v) is 7.58. The van der Waals surface area contributed by atoms with Gasteiger partial charge < -0.3 is 41.9 Å². The van der Waals surface area contributed by atoms with E-state index in [9.17, 15) is 39.0 Å². The number of pyridine rings is 1. The maximum Gasteiger partial charge on any atom is 0.352 e. The molecule has 0 aromatic carbocycles. The summed E-state index contributed by atoms with van der Waals surface area (Å²) in [5.74, 6) is -5.46. The number of carboxylic acid groups (broad SMARTS) is 2. The summed E-state index contributed by atoms with van der Waals surface area (Å²) in [5.41, 5.74) is 11.2. The van der Waals surface area contributed by atoms with Crippen molar-refractivity contribution in [3.05, 3.63) is 62.0 Å². The monoisotopic (exact) mass is 776 g/mol. The number of halogens is 1. The maximum absolute atomic E-state index is 13.4. The number of rotatable bonds is 16. The second kappa shape index (κ2) is 15.8. The van der Waals surface area contributed by atoms with Gasteiger partial charge in [0, 0.05) is 43.0 Å². The maximum atomic E-state index is 13.4. The molecule has 0 bridgehead atoms. The van der Waals surface area contributed by atoms with E-state index in [4.69, 9.17) is 33.0 Å². The number of nitrogen functional groups attached to an aromatic ring is 2. The number of aromatic hydroxyl groups is 1. The molecule has 5 heterocycles. The minimum Gasteiger partial charge on any atom is -0.503 e. The Bertz CT molecular complexity index is 2090. The standard InChI is InChI=1S/C30H30ClN9O10S2/c1-12(28(46)47)50-38-21(22-24(31)52-30(33)37-22)19(43)5-14-26(45)40-23(29(48)49)13(10-51-27(14)40)8-39-9-16(25(32)36-11-39)34-4-2-3-17(41)15-6-18(42)20(44)7-35-15/h6-7,9,11-12,14,27,32,34H,2-5,8,10H2,1H3,(H6,33,35,37,38,41,42,43,44,46,47,48,49)/p+1/t12-,14+,27?/m0/s1. The Morgan fingerprint density at radius 1 is 1.27 bits per heavy atom. The van der Waals surface area contributed by atoms with E-state index < -0.39 is 64.3 Å². The number of carbonyl (C=O) groups is 5. The predicted molar refractivity (Wildman–Crippen MR) is 187 cm³/mol. The molecule has 1 saturated heterocycles. The highest BCUT2D eigenvalue weighted by Gasteiger charge is 2.54. The van der Waals surface area contributed by atoms with Crippen molar-refractivity contribution in [2.75, 3.05) is 29.1 Å². The van der Waals surface area contributed by atoms with Crippen LogP contribution in [0.15, 0.2) is 46.0 Å². The highest BCUT2D eigenvalue weighted by atomic mass is 35.5. The minimum absolute atomic E-state index is 0.00196. The van der Waals surface area contributed by atoms with E-state index in [0.29, 0.717) is 24.2 Å². The van der Waals surface area contributed by atoms with Crippen molar-refractivity contribution in [3.63, 3.8) is 0 Å². The molecule has 0 aliphatic carbocycles. The van der Waals surface area contributed by atoms with E-state index in [1.165, 1.54) is 25.0 Å². The lowest BCUT2D eigenvalue weighted by Crippen LogP contribution is -2.62. The van der Waals surface area contributed by atoms with Crippen molar-refractivity contribution in [1.29, 1.82) is 0 Å². The topological polar surface area (TPSA) is 297 Å². The number of carboxylic acids is 2. The summed E-state index contributed by atoms with van der Waals surface area (Å²) in [6.07, 6.45) is 2.65. The summed E-state index contributed by atoms with van der Waals surface area (Å²) in [5, 5.41) is 34.8. The van der Waals surface area contributed by atoms with Gasteiger partial charge in [0.2, 0.25) is 17.4 Å². The van der Waals surface area contributed by atoms with E-state index in [1.54, 1.807) is 10.8 Å². The molecule has 19 nitrogen and oxygen atoms in total. The number of fused-ring (bicyclic) bond motifs is 1. The summed E-state index contributed by atoms with van der Waals surface area (Å²) in [6.45, 7) is 1.52. The third-order valence-electron chi connectivity index (χ3n) is 7.88. The predicted octanol–water partition coefficient (Wildman–Crippen LogP) is 0.836. The van der Waals surface area contributed by atoms with Crippen molar-refractivity contribution in [1.82, 2.24) is 19.9 Å². The van der Waals surface area contributed by atoms with Gasteiger partial charge in [-0.2, -0.15) is 0 Å². The number of aromatic nitrogens is 4. The van der Waals surface area contributed by atoms with Crippen LogP contribution in [0.3, 0.4) is 0 Å². The number of hydrogen-bond acceptors (Lipinski definition) is 16. The summed E-state index contributed by atoms with van der Waals surface area (Å²) in [4.78, 5) is 91.4. The van der Waals surface area contributed by atoms with Crippen LogP contribution in [0.25, 0.3) is 0 Å². The molecule has 0 spiro atoms. The Hall–Kier alpha value is -5.54. The number of aromatic amines is 1. The number of ketones is 2. The molecule has 1 unspecified atom stereocenters. The van der Waals surface area contributed by atoms with Crippen molar-refractivity contribution in [2.24, 2.45) is 11.1 Å². The molecule has 1 amide bonds. The fourth-order valence-electron chi connectivity index (χ4n) is 5.25. The van der Waals surface area contributed by atoms with E-state index in [2.05, 4.69) is 25.4 Å². The lowest BCUT2D eigenvalue weighted by Gasteiger charge is -2.49. The first-order chi connectivity index (χ1) is 24.7. The summed E-state index contributed by atoms with van der Waals surface area (Å²) < 4.78 is 1.58. The van der Waals surface area contributed by atoms with Crippen molar-refractivity contribution < 1.29 is 48.7 Å². The van der Waals surface area contributed by atoms with Crippen LogP contribution < -0.4 is 26.8 Å². The first kappa shape index (κ1) is 37.7. The normalized spacial score (nSPS) is 17.6. The zero-order chi connectivity index (χ0) is 37.9. The molecule has 9 N–H and O–H groups in total. The number of anilines is 3. The van der Waals surface area contributed by atoms with Gasteiger partial charge in [0.15, 0.2) is 28.2 Å². The van der Waals surface area contributed by atoms with Crippen molar-refractivity contribution >= 4 is 86.5 Å². The van der Waals surface area contributed by atoms with Gasteiger partial charge in [-0.05, 0) is 18.3 Å². The number of oxime groups is 1. The first-order valence-electron chi connectivity index (χ1n) is 15.3. The number of amides is 1. The highest BCUT2D eigenvalue weighted by Crippen LogP contribution is 2.45. The van der Waals surface area contributed by atoms with E-state index in [1.807, 2.05) is 0 Å². The van der Waals surface area contributed by atoms with Gasteiger partial charge in [-0.1, -0.05) is 28.1 Å². The van der Waals surface area contributed by atoms with E-state index in [0.717, 1.165) is 28.5 Å². The quantitative estimate of drug-likeness (QED) is 0.0265. The second-order valence-corrected chi connectivity index (χ2v) is 14.2. The molecule has 3 aromatic heterocycles. The van der Waals surface area contributed by atoms with Gasteiger partial charge >= 0.3 is 11.9 Å². The Morgan fingerprint density at radius 3 is 2.67 bits per heavy atom. The number of carbonyl (C=O) groups excluding carboxylic acids is 3. The number of aliphatic carboxylic acids is 2. The van der Waals surface area contributed by atoms with Gasteiger partial charge in [0.25, 0.3) is 12.1 Å². The number of nitrogens with one attached hydrogen (secondary N) is 2. The van der Waals surface area contributed by atoms with Crippen LogP contribution in [0, 0.1) is 5.92 Å². The number of hydrogen-bond donors (Lipinski definition) is 7. The number of thioether (sulfide) groups is 1. The third kappa shape index (κ3) is 8.16. The van der Waals surface area contributed by atoms with Crippen molar-refractivity contribution in [2.45, 2.75) is 44.2 Å². The number of thiazole rings is 1. The summed E-state index contributed by atoms with van der Waals surface area (Å²) in [6, 6.07) is 1.03. The fraction of sp³-hybridized carbons (Fsp3) is 0.333. The van der Waals surface area contributed by atoms with Crippen molar-refractivity contribution in [3.8, 4) is 5.75 Å². The van der Waals surface area contributed by atoms with Gasteiger partial charge in [0.05, 0.1) is 17.0 Å². The SMILES string of the molecule is C[C@H](O/N=C(\C(=O)C[C@@H]1C(=O)N2C(C(=O)O)=C(C[n+]3cnc(N)c(NCCCC(=O)c4cc(=O)c(O)c[nH]4)c3)CSC12)c1nc(N)sc1Cl)C(=O)O. The minimum atomic E-state index is -1.42. The largest absolute Gasteiger partial charge is 0.503 e. The van der Waals surface area contributed by atoms with Crippen LogP contribution >= 0.6 is 34.7 Å². The van der Waals surface area contributed by atoms with Crippen LogP contribution in [-0.4, -0.2) is 94.1 Å². The molecule has 52 heavy (non-hydrogen) atoms. The average molecular weight is 777 g/mol. The number of β-lactam (4-membered cyclic amide) rings is 1. The molecule has 22 heteroatoms. The van der Waals surface area contributed by atoms with E-state index in [-0.39, 0.29) is 56.9 Å². The van der Waals surface area contributed by atoms with Gasteiger partial charge in [0.1, 0.15) is 34.2 Å². The van der Waals surface area contributed by atoms with Crippen LogP contribution in [0.4, 0.5) is 16.6 Å². The molecule has 2 aliphatic heterocycles. The molecule has 274 valence electrons. The zero-order valence-electron chi connectivity index (χ0n) is 27.1. The van der Waals surface area contributed by atoms with Gasteiger partial charge in [-0.25, -0.2) is 19.1 Å².